The minimum Gasteiger partial charge on any atom is -0.309 e. The molecule has 0 unspecified atom stereocenters. The van der Waals surface area contributed by atoms with Crippen LogP contribution >= 0.6 is 0 Å². The van der Waals surface area contributed by atoms with Crippen molar-refractivity contribution in [2.75, 3.05) is 0 Å². The molecule has 5 heterocycles. The molecule has 0 saturated carbocycles. The van der Waals surface area contributed by atoms with Gasteiger partial charge in [0.1, 0.15) is 0 Å². The molecule has 0 N–H and O–H groups in total. The lowest BCUT2D eigenvalue weighted by atomic mass is 10.2. The first-order valence-corrected chi connectivity index (χ1v) is 9.19. The Kier molecular flexibility index (Phi) is 3.33. The van der Waals surface area contributed by atoms with E-state index in [9.17, 15) is 0 Å². The van der Waals surface area contributed by atoms with Crippen molar-refractivity contribution < 1.29 is 0 Å². The van der Waals surface area contributed by atoms with E-state index in [2.05, 4.69) is 42.7 Å². The Morgan fingerprint density at radius 2 is 1.07 bits per heavy atom. The summed E-state index contributed by atoms with van der Waals surface area (Å²) in [6, 6.07) is 10.5. The van der Waals surface area contributed by atoms with Gasteiger partial charge in [-0.15, -0.1) is 0 Å². The minimum atomic E-state index is 1.02. The van der Waals surface area contributed by atoms with Gasteiger partial charge >= 0.3 is 0 Å². The van der Waals surface area contributed by atoms with Crippen LogP contribution in [0.2, 0.25) is 0 Å². The van der Waals surface area contributed by atoms with Crippen LogP contribution in [0.1, 0.15) is 0 Å². The summed E-state index contributed by atoms with van der Waals surface area (Å²) in [7, 11) is 0. The average Bonchev–Trinajstić information content (AvgIpc) is 3.54. The SMILES string of the molecule is c1cc2c(cn1)c1cnccc1n2-c1cc(-n2ccnc2)cc(-n2ccnc2)c1. The van der Waals surface area contributed by atoms with E-state index in [4.69, 9.17) is 0 Å². The molecule has 7 heteroatoms. The van der Waals surface area contributed by atoms with Gasteiger partial charge in [0.05, 0.1) is 40.8 Å². The third-order valence-corrected chi connectivity index (χ3v) is 5.12. The van der Waals surface area contributed by atoms with Crippen molar-refractivity contribution in [1.82, 2.24) is 33.6 Å². The number of benzene rings is 1. The van der Waals surface area contributed by atoms with E-state index >= 15 is 0 Å². The Morgan fingerprint density at radius 1 is 0.552 bits per heavy atom. The summed E-state index contributed by atoms with van der Waals surface area (Å²) in [5, 5.41) is 2.15. The van der Waals surface area contributed by atoms with Crippen LogP contribution in [0.3, 0.4) is 0 Å². The van der Waals surface area contributed by atoms with Crippen molar-refractivity contribution in [2.24, 2.45) is 0 Å². The Labute approximate surface area is 165 Å². The van der Waals surface area contributed by atoms with Gasteiger partial charge in [0.25, 0.3) is 0 Å². The Hall–Kier alpha value is -4.26. The van der Waals surface area contributed by atoms with E-state index in [0.29, 0.717) is 0 Å². The quantitative estimate of drug-likeness (QED) is 0.468. The molecule has 0 aliphatic carbocycles. The van der Waals surface area contributed by atoms with Crippen molar-refractivity contribution >= 4 is 21.8 Å². The van der Waals surface area contributed by atoms with Gasteiger partial charge in [-0.1, -0.05) is 0 Å². The minimum absolute atomic E-state index is 1.02. The number of fused-ring (bicyclic) bond motifs is 3. The van der Waals surface area contributed by atoms with Crippen LogP contribution < -0.4 is 0 Å². The molecule has 0 aliphatic heterocycles. The number of pyridine rings is 2. The molecule has 0 spiro atoms. The number of imidazole rings is 2. The number of hydrogen-bond donors (Lipinski definition) is 0. The topological polar surface area (TPSA) is 66.3 Å². The molecule has 6 aromatic rings. The maximum atomic E-state index is 4.32. The Morgan fingerprint density at radius 3 is 1.55 bits per heavy atom. The predicted octanol–water partition coefficient (Wildman–Crippen LogP) is 3.95. The molecule has 29 heavy (non-hydrogen) atoms. The first kappa shape index (κ1) is 15.8. The van der Waals surface area contributed by atoms with E-state index in [0.717, 1.165) is 38.9 Å². The molecule has 0 fully saturated rings. The van der Waals surface area contributed by atoms with Gasteiger partial charge in [-0.3, -0.25) is 9.97 Å². The molecule has 138 valence electrons. The molecule has 0 amide bonds. The molecule has 5 aromatic heterocycles. The van der Waals surface area contributed by atoms with E-state index in [-0.39, 0.29) is 0 Å². The number of rotatable bonds is 3. The van der Waals surface area contributed by atoms with Gasteiger partial charge < -0.3 is 13.7 Å². The highest BCUT2D eigenvalue weighted by molar-refractivity contribution is 6.08. The first-order chi connectivity index (χ1) is 14.4. The summed E-state index contributed by atoms with van der Waals surface area (Å²) < 4.78 is 6.25. The highest BCUT2D eigenvalue weighted by Gasteiger charge is 2.14. The maximum absolute atomic E-state index is 4.32. The van der Waals surface area contributed by atoms with Crippen LogP contribution in [0, 0.1) is 0 Å². The molecule has 0 radical (unpaired) electrons. The summed E-state index contributed by atoms with van der Waals surface area (Å²) >= 11 is 0. The first-order valence-electron chi connectivity index (χ1n) is 9.19. The molecule has 0 bridgehead atoms. The van der Waals surface area contributed by atoms with Gasteiger partial charge in [0.2, 0.25) is 0 Å². The second kappa shape index (κ2) is 6.13. The second-order valence-electron chi connectivity index (χ2n) is 6.77. The van der Waals surface area contributed by atoms with Crippen molar-refractivity contribution in [3.05, 3.63) is 92.6 Å². The highest BCUT2D eigenvalue weighted by atomic mass is 15.1. The second-order valence-corrected chi connectivity index (χ2v) is 6.77. The van der Waals surface area contributed by atoms with Crippen LogP contribution in [-0.2, 0) is 0 Å². The average molecular weight is 377 g/mol. The number of hydrogen-bond acceptors (Lipinski definition) is 4. The summed E-state index contributed by atoms with van der Waals surface area (Å²) in [5.74, 6) is 0. The maximum Gasteiger partial charge on any atom is 0.0991 e. The molecule has 0 aliphatic rings. The van der Waals surface area contributed by atoms with Crippen molar-refractivity contribution in [1.29, 1.82) is 0 Å². The van der Waals surface area contributed by atoms with Gasteiger partial charge in [-0.05, 0) is 30.3 Å². The van der Waals surface area contributed by atoms with Crippen LogP contribution in [0.25, 0.3) is 38.9 Å². The summed E-state index contributed by atoms with van der Waals surface area (Å²) in [4.78, 5) is 17.0. The van der Waals surface area contributed by atoms with Crippen molar-refractivity contribution in [2.45, 2.75) is 0 Å². The van der Waals surface area contributed by atoms with Crippen LogP contribution in [-0.4, -0.2) is 33.6 Å². The van der Waals surface area contributed by atoms with Crippen molar-refractivity contribution in [3.63, 3.8) is 0 Å². The van der Waals surface area contributed by atoms with E-state index in [1.807, 2.05) is 58.4 Å². The molecule has 1 aromatic carbocycles. The lowest BCUT2D eigenvalue weighted by molar-refractivity contribution is 1.01. The third-order valence-electron chi connectivity index (χ3n) is 5.12. The van der Waals surface area contributed by atoms with Crippen LogP contribution in [0.5, 0.6) is 0 Å². The predicted molar refractivity (Wildman–Crippen MR) is 111 cm³/mol. The highest BCUT2D eigenvalue weighted by Crippen LogP contribution is 2.32. The van der Waals surface area contributed by atoms with E-state index in [1.54, 1.807) is 25.0 Å². The third kappa shape index (κ3) is 2.45. The van der Waals surface area contributed by atoms with Gasteiger partial charge in [0.15, 0.2) is 0 Å². The van der Waals surface area contributed by atoms with E-state index in [1.165, 1.54) is 0 Å². The smallest absolute Gasteiger partial charge is 0.0991 e. The largest absolute Gasteiger partial charge is 0.309 e. The summed E-state index contributed by atoms with van der Waals surface area (Å²) in [6.45, 7) is 0. The molecular weight excluding hydrogens is 362 g/mol. The Balaban J connectivity index is 1.71. The number of aromatic nitrogens is 7. The van der Waals surface area contributed by atoms with Gasteiger partial charge in [-0.25, -0.2) is 9.97 Å². The molecule has 7 nitrogen and oxygen atoms in total. The van der Waals surface area contributed by atoms with E-state index < -0.39 is 0 Å². The van der Waals surface area contributed by atoms with Gasteiger partial charge in [0, 0.05) is 60.3 Å². The molecule has 6 rings (SSSR count). The van der Waals surface area contributed by atoms with Crippen LogP contribution in [0.15, 0.2) is 92.6 Å². The molecular formula is C22H15N7. The Bertz CT molecular complexity index is 1340. The lowest BCUT2D eigenvalue weighted by Crippen LogP contribution is -2.01. The summed E-state index contributed by atoms with van der Waals surface area (Å²) in [6.07, 6.45) is 18.5. The van der Waals surface area contributed by atoms with Crippen molar-refractivity contribution in [3.8, 4) is 17.1 Å². The standard InChI is InChI=1S/C22H15N7/c1-3-23-12-19-20-13-24-4-2-22(20)29(21(1)19)18-10-16(27-7-5-25-14-27)9-17(11-18)28-8-6-26-15-28/h1-15H. The number of nitrogens with zero attached hydrogens (tertiary/aromatic N) is 7. The van der Waals surface area contributed by atoms with Gasteiger partial charge in [-0.2, -0.15) is 0 Å². The lowest BCUT2D eigenvalue weighted by Gasteiger charge is -2.14. The zero-order valence-electron chi connectivity index (χ0n) is 15.3. The zero-order valence-corrected chi connectivity index (χ0v) is 15.3. The normalized spacial score (nSPS) is 11.4. The molecule has 0 atom stereocenters. The van der Waals surface area contributed by atoms with Crippen LogP contribution in [0.4, 0.5) is 0 Å². The monoisotopic (exact) mass is 377 g/mol. The fourth-order valence-electron chi connectivity index (χ4n) is 3.82. The molecule has 0 saturated heterocycles. The summed E-state index contributed by atoms with van der Waals surface area (Å²) in [5.41, 5.74) is 5.24. The fraction of sp³-hybridized carbons (Fsp3) is 0. The fourth-order valence-corrected chi connectivity index (χ4v) is 3.82. The zero-order chi connectivity index (χ0) is 19.2.